The SMILES string of the molecule is Cl.O=C(CC1CNCCO1)N1CCN(C(=O)c2ccsc2)CC1. The predicted molar refractivity (Wildman–Crippen MR) is 91.3 cm³/mol. The number of nitrogens with zero attached hydrogens (tertiary/aromatic N) is 2. The largest absolute Gasteiger partial charge is 0.375 e. The predicted octanol–water partition coefficient (Wildman–Crippen LogP) is 0.833. The summed E-state index contributed by atoms with van der Waals surface area (Å²) in [5.41, 5.74) is 0.742. The molecule has 8 heteroatoms. The van der Waals surface area contributed by atoms with Crippen LogP contribution in [0.15, 0.2) is 16.8 Å². The number of hydrogen-bond acceptors (Lipinski definition) is 5. The summed E-state index contributed by atoms with van der Waals surface area (Å²) in [4.78, 5) is 28.2. The Hall–Kier alpha value is -1.15. The first kappa shape index (κ1) is 18.2. The van der Waals surface area contributed by atoms with Gasteiger partial charge in [0, 0.05) is 44.6 Å². The summed E-state index contributed by atoms with van der Waals surface area (Å²) in [6.45, 7) is 4.68. The van der Waals surface area contributed by atoms with Gasteiger partial charge >= 0.3 is 0 Å². The maximum Gasteiger partial charge on any atom is 0.254 e. The fourth-order valence-electron chi connectivity index (χ4n) is 2.80. The molecule has 3 rings (SSSR count). The first-order valence-corrected chi connectivity index (χ1v) is 8.60. The molecule has 1 atom stereocenters. The average molecular weight is 360 g/mol. The Kier molecular flexibility index (Phi) is 6.83. The molecular formula is C15H22ClN3O3S. The maximum atomic E-state index is 12.3. The Morgan fingerprint density at radius 3 is 2.61 bits per heavy atom. The van der Waals surface area contributed by atoms with Gasteiger partial charge in [0.2, 0.25) is 5.91 Å². The van der Waals surface area contributed by atoms with Gasteiger partial charge in [0.1, 0.15) is 0 Å². The monoisotopic (exact) mass is 359 g/mol. The molecule has 6 nitrogen and oxygen atoms in total. The Labute approximate surface area is 146 Å². The Morgan fingerprint density at radius 2 is 2.00 bits per heavy atom. The van der Waals surface area contributed by atoms with E-state index in [1.165, 1.54) is 11.3 Å². The lowest BCUT2D eigenvalue weighted by Crippen LogP contribution is -2.51. The number of amides is 2. The van der Waals surface area contributed by atoms with Gasteiger partial charge in [0.05, 0.1) is 24.7 Å². The minimum Gasteiger partial charge on any atom is -0.375 e. The van der Waals surface area contributed by atoms with E-state index < -0.39 is 0 Å². The van der Waals surface area contributed by atoms with Crippen molar-refractivity contribution in [1.82, 2.24) is 15.1 Å². The average Bonchev–Trinajstić information content (AvgIpc) is 3.10. The second-order valence-electron chi connectivity index (χ2n) is 5.59. The first-order valence-electron chi connectivity index (χ1n) is 7.65. The molecule has 1 aromatic heterocycles. The number of piperazine rings is 1. The van der Waals surface area contributed by atoms with Gasteiger partial charge in [-0.1, -0.05) is 0 Å². The zero-order chi connectivity index (χ0) is 15.4. The lowest BCUT2D eigenvalue weighted by Gasteiger charge is -2.35. The molecule has 0 aromatic carbocycles. The van der Waals surface area contributed by atoms with Gasteiger partial charge in [0.15, 0.2) is 0 Å². The second-order valence-corrected chi connectivity index (χ2v) is 6.37. The van der Waals surface area contributed by atoms with Crippen molar-refractivity contribution in [2.75, 3.05) is 45.9 Å². The zero-order valence-electron chi connectivity index (χ0n) is 12.9. The van der Waals surface area contributed by atoms with Crippen LogP contribution in [0.4, 0.5) is 0 Å². The lowest BCUT2D eigenvalue weighted by molar-refractivity contribution is -0.136. The third kappa shape index (κ3) is 4.67. The van der Waals surface area contributed by atoms with Gasteiger partial charge in [-0.05, 0) is 11.4 Å². The molecule has 1 unspecified atom stereocenters. The molecule has 0 saturated carbocycles. The molecule has 0 spiro atoms. The van der Waals surface area contributed by atoms with Crippen molar-refractivity contribution in [2.24, 2.45) is 0 Å². The summed E-state index contributed by atoms with van der Waals surface area (Å²) < 4.78 is 5.57. The lowest BCUT2D eigenvalue weighted by atomic mass is 10.2. The molecule has 2 aliphatic heterocycles. The smallest absolute Gasteiger partial charge is 0.254 e. The van der Waals surface area contributed by atoms with E-state index in [2.05, 4.69) is 5.32 Å². The molecule has 0 bridgehead atoms. The van der Waals surface area contributed by atoms with Crippen LogP contribution in [0.25, 0.3) is 0 Å². The molecule has 2 aliphatic rings. The summed E-state index contributed by atoms with van der Waals surface area (Å²) in [5.74, 6) is 0.185. The van der Waals surface area contributed by atoms with E-state index in [1.807, 2.05) is 26.6 Å². The van der Waals surface area contributed by atoms with Crippen molar-refractivity contribution < 1.29 is 14.3 Å². The van der Waals surface area contributed by atoms with Crippen molar-refractivity contribution in [1.29, 1.82) is 0 Å². The number of hydrogen-bond donors (Lipinski definition) is 1. The molecule has 1 N–H and O–H groups in total. The van der Waals surface area contributed by atoms with Crippen LogP contribution in [0, 0.1) is 0 Å². The molecule has 3 heterocycles. The van der Waals surface area contributed by atoms with Crippen molar-refractivity contribution in [2.45, 2.75) is 12.5 Å². The zero-order valence-corrected chi connectivity index (χ0v) is 14.5. The number of carbonyl (C=O) groups excluding carboxylic acids is 2. The molecule has 0 aliphatic carbocycles. The number of nitrogens with one attached hydrogen (secondary N) is 1. The van der Waals surface area contributed by atoms with Crippen LogP contribution in [0.5, 0.6) is 0 Å². The summed E-state index contributed by atoms with van der Waals surface area (Å²) in [6, 6.07) is 1.85. The van der Waals surface area contributed by atoms with E-state index in [-0.39, 0.29) is 30.3 Å². The Bertz CT molecular complexity index is 512. The van der Waals surface area contributed by atoms with Gasteiger partial charge in [-0.3, -0.25) is 9.59 Å². The van der Waals surface area contributed by atoms with Gasteiger partial charge in [0.25, 0.3) is 5.91 Å². The topological polar surface area (TPSA) is 61.9 Å². The highest BCUT2D eigenvalue weighted by atomic mass is 35.5. The quantitative estimate of drug-likeness (QED) is 0.868. The summed E-state index contributed by atoms with van der Waals surface area (Å²) in [5, 5.41) is 7.01. The van der Waals surface area contributed by atoms with Gasteiger partial charge in [-0.15, -0.1) is 12.4 Å². The van der Waals surface area contributed by atoms with Gasteiger partial charge in [-0.2, -0.15) is 11.3 Å². The van der Waals surface area contributed by atoms with E-state index in [1.54, 1.807) is 0 Å². The van der Waals surface area contributed by atoms with Crippen LogP contribution in [-0.2, 0) is 9.53 Å². The fourth-order valence-corrected chi connectivity index (χ4v) is 3.43. The van der Waals surface area contributed by atoms with E-state index in [9.17, 15) is 9.59 Å². The van der Waals surface area contributed by atoms with Crippen LogP contribution < -0.4 is 5.32 Å². The van der Waals surface area contributed by atoms with Crippen molar-refractivity contribution in [3.8, 4) is 0 Å². The van der Waals surface area contributed by atoms with Crippen LogP contribution in [0.3, 0.4) is 0 Å². The van der Waals surface area contributed by atoms with Gasteiger partial charge in [-0.25, -0.2) is 0 Å². The maximum absolute atomic E-state index is 12.3. The molecule has 2 amide bonds. The van der Waals surface area contributed by atoms with Crippen LogP contribution in [-0.4, -0.2) is 73.6 Å². The fraction of sp³-hybridized carbons (Fsp3) is 0.600. The minimum atomic E-state index is -0.0216. The summed E-state index contributed by atoms with van der Waals surface area (Å²) in [7, 11) is 0. The summed E-state index contributed by atoms with van der Waals surface area (Å²) in [6.07, 6.45) is 0.401. The van der Waals surface area contributed by atoms with Crippen LogP contribution in [0.2, 0.25) is 0 Å². The van der Waals surface area contributed by atoms with Gasteiger partial charge < -0.3 is 19.9 Å². The van der Waals surface area contributed by atoms with E-state index in [0.29, 0.717) is 39.2 Å². The second kappa shape index (κ2) is 8.63. The highest BCUT2D eigenvalue weighted by Crippen LogP contribution is 2.13. The number of thiophene rings is 1. The molecule has 1 aromatic rings. The van der Waals surface area contributed by atoms with E-state index >= 15 is 0 Å². The Balaban J connectivity index is 0.00000192. The van der Waals surface area contributed by atoms with E-state index in [4.69, 9.17) is 4.74 Å². The van der Waals surface area contributed by atoms with Crippen molar-refractivity contribution in [3.63, 3.8) is 0 Å². The highest BCUT2D eigenvalue weighted by Gasteiger charge is 2.27. The molecule has 23 heavy (non-hydrogen) atoms. The number of morpholine rings is 1. The number of carbonyl (C=O) groups is 2. The number of ether oxygens (including phenoxy) is 1. The van der Waals surface area contributed by atoms with Crippen LogP contribution in [0.1, 0.15) is 16.8 Å². The number of halogens is 1. The highest BCUT2D eigenvalue weighted by molar-refractivity contribution is 7.08. The normalized spacial score (nSPS) is 21.7. The van der Waals surface area contributed by atoms with E-state index in [0.717, 1.165) is 18.7 Å². The van der Waals surface area contributed by atoms with Crippen LogP contribution >= 0.6 is 23.7 Å². The molecule has 2 fully saturated rings. The Morgan fingerprint density at radius 1 is 1.26 bits per heavy atom. The molecule has 0 radical (unpaired) electrons. The summed E-state index contributed by atoms with van der Waals surface area (Å²) >= 11 is 1.52. The first-order chi connectivity index (χ1) is 10.7. The standard InChI is InChI=1S/C15H21N3O3S.ClH/c19-14(9-13-10-16-2-7-21-13)17-3-5-18(6-4-17)15(20)12-1-8-22-11-12;/h1,8,11,13,16H,2-7,9-10H2;1H. The third-order valence-corrected chi connectivity index (χ3v) is 4.78. The third-order valence-electron chi connectivity index (χ3n) is 4.09. The molecule has 2 saturated heterocycles. The molecular weight excluding hydrogens is 338 g/mol. The van der Waals surface area contributed by atoms with Crippen molar-refractivity contribution >= 4 is 35.6 Å². The molecule has 128 valence electrons. The number of rotatable bonds is 3. The minimum absolute atomic E-state index is 0. The van der Waals surface area contributed by atoms with Crippen molar-refractivity contribution in [3.05, 3.63) is 22.4 Å².